The van der Waals surface area contributed by atoms with Crippen LogP contribution >= 0.6 is 0 Å². The molecular formula is C20H28N2O3. The lowest BCUT2D eigenvalue weighted by Gasteiger charge is -2.37. The van der Waals surface area contributed by atoms with Crippen molar-refractivity contribution in [3.63, 3.8) is 0 Å². The fraction of sp³-hybridized carbons (Fsp3) is 0.650. The molecule has 0 aromatic heterocycles. The third kappa shape index (κ3) is 3.53. The van der Waals surface area contributed by atoms with Crippen LogP contribution < -0.4 is 10.6 Å². The van der Waals surface area contributed by atoms with Gasteiger partial charge in [0.25, 0.3) is 0 Å². The van der Waals surface area contributed by atoms with Gasteiger partial charge in [-0.3, -0.25) is 4.79 Å². The number of hydrogen-bond donors (Lipinski definition) is 2. The number of ether oxygens (including phenoxy) is 2. The third-order valence-corrected chi connectivity index (χ3v) is 6.05. The van der Waals surface area contributed by atoms with Crippen molar-refractivity contribution < 1.29 is 14.3 Å². The lowest BCUT2D eigenvalue weighted by atomic mass is 9.79. The minimum Gasteiger partial charge on any atom is -0.469 e. The number of carbonyl (C=O) groups is 1. The smallest absolute Gasteiger partial charge is 0.310 e. The quantitative estimate of drug-likeness (QED) is 0.823. The topological polar surface area (TPSA) is 59.6 Å². The summed E-state index contributed by atoms with van der Waals surface area (Å²) in [6, 6.07) is 9.50. The van der Waals surface area contributed by atoms with E-state index in [2.05, 4.69) is 34.9 Å². The molecule has 2 aliphatic heterocycles. The molecule has 2 N–H and O–H groups in total. The van der Waals surface area contributed by atoms with Gasteiger partial charge in [-0.1, -0.05) is 25.0 Å². The van der Waals surface area contributed by atoms with Crippen molar-refractivity contribution in [2.45, 2.75) is 50.2 Å². The Labute approximate surface area is 149 Å². The van der Waals surface area contributed by atoms with E-state index < -0.39 is 0 Å². The van der Waals surface area contributed by atoms with Crippen LogP contribution in [0.3, 0.4) is 0 Å². The second kappa shape index (κ2) is 7.34. The van der Waals surface area contributed by atoms with Crippen molar-refractivity contribution >= 4 is 11.7 Å². The second-order valence-corrected chi connectivity index (χ2v) is 7.66. The van der Waals surface area contributed by atoms with Crippen LogP contribution in [0.2, 0.25) is 0 Å². The predicted molar refractivity (Wildman–Crippen MR) is 96.4 cm³/mol. The number of esters is 1. The summed E-state index contributed by atoms with van der Waals surface area (Å²) in [4.78, 5) is 12.3. The van der Waals surface area contributed by atoms with E-state index in [0.717, 1.165) is 25.2 Å². The summed E-state index contributed by atoms with van der Waals surface area (Å²) < 4.78 is 10.7. The average molecular weight is 344 g/mol. The molecule has 0 bridgehead atoms. The molecule has 1 aromatic carbocycles. The molecule has 4 rings (SSSR count). The molecule has 2 saturated heterocycles. The maximum Gasteiger partial charge on any atom is 0.310 e. The summed E-state index contributed by atoms with van der Waals surface area (Å²) in [6.07, 6.45) is 6.01. The zero-order valence-electron chi connectivity index (χ0n) is 14.9. The Kier molecular flexibility index (Phi) is 4.95. The Bertz CT molecular complexity index is 597. The Morgan fingerprint density at radius 2 is 1.96 bits per heavy atom. The SMILES string of the molecule is COC(=O)[C@H]1C[C@H]2COC[C@H]2N[C@H]1c1ccc(NC2CCCC2)cc1. The van der Waals surface area contributed by atoms with Gasteiger partial charge < -0.3 is 20.1 Å². The van der Waals surface area contributed by atoms with Crippen molar-refractivity contribution in [3.05, 3.63) is 29.8 Å². The molecule has 4 atom stereocenters. The maximum absolute atomic E-state index is 12.3. The number of nitrogens with one attached hydrogen (secondary N) is 2. The molecule has 136 valence electrons. The minimum absolute atomic E-state index is 0.00377. The van der Waals surface area contributed by atoms with E-state index in [9.17, 15) is 4.79 Å². The highest BCUT2D eigenvalue weighted by molar-refractivity contribution is 5.74. The number of fused-ring (bicyclic) bond motifs is 1. The van der Waals surface area contributed by atoms with E-state index in [-0.39, 0.29) is 17.9 Å². The normalized spacial score (nSPS) is 32.4. The standard InChI is InChI=1S/C20H28N2O3/c1-24-20(23)17-10-14-11-25-12-18(14)22-19(17)13-6-8-16(9-7-13)21-15-4-2-3-5-15/h6-9,14-15,17-19,21-22H,2-5,10-12H2,1H3/t14-,17-,18+,19-/m0/s1. The van der Waals surface area contributed by atoms with Gasteiger partial charge in [-0.25, -0.2) is 0 Å². The van der Waals surface area contributed by atoms with E-state index in [1.807, 2.05) is 0 Å². The predicted octanol–water partition coefficient (Wildman–Crippen LogP) is 2.88. The molecule has 0 spiro atoms. The van der Waals surface area contributed by atoms with Crippen LogP contribution in [0, 0.1) is 11.8 Å². The van der Waals surface area contributed by atoms with Crippen LogP contribution in [0.1, 0.15) is 43.7 Å². The van der Waals surface area contributed by atoms with E-state index in [0.29, 0.717) is 18.0 Å². The Morgan fingerprint density at radius 1 is 1.20 bits per heavy atom. The average Bonchev–Trinajstić information content (AvgIpc) is 3.31. The van der Waals surface area contributed by atoms with E-state index in [1.165, 1.54) is 38.5 Å². The van der Waals surface area contributed by atoms with Crippen LogP contribution in [0.5, 0.6) is 0 Å². The first kappa shape index (κ1) is 16.9. The van der Waals surface area contributed by atoms with Crippen LogP contribution in [0.15, 0.2) is 24.3 Å². The van der Waals surface area contributed by atoms with E-state index in [4.69, 9.17) is 9.47 Å². The van der Waals surface area contributed by atoms with Gasteiger partial charge in [0.05, 0.1) is 26.2 Å². The first-order valence-electron chi connectivity index (χ1n) is 9.52. The number of rotatable bonds is 4. The zero-order valence-corrected chi connectivity index (χ0v) is 14.9. The molecule has 1 aromatic rings. The summed E-state index contributed by atoms with van der Waals surface area (Å²) in [5.74, 6) is 0.126. The third-order valence-electron chi connectivity index (χ3n) is 6.05. The van der Waals surface area contributed by atoms with Crippen LogP contribution in [0.4, 0.5) is 5.69 Å². The molecule has 3 aliphatic rings. The molecule has 1 aliphatic carbocycles. The summed E-state index contributed by atoms with van der Waals surface area (Å²) in [7, 11) is 1.48. The molecule has 0 unspecified atom stereocenters. The zero-order chi connectivity index (χ0) is 17.2. The molecule has 0 radical (unpaired) electrons. The molecule has 2 heterocycles. The van der Waals surface area contributed by atoms with E-state index >= 15 is 0 Å². The molecule has 0 amide bonds. The lowest BCUT2D eigenvalue weighted by Crippen LogP contribution is -2.49. The van der Waals surface area contributed by atoms with Crippen molar-refractivity contribution in [1.82, 2.24) is 5.32 Å². The summed E-state index contributed by atoms with van der Waals surface area (Å²) in [5, 5.41) is 7.26. The highest BCUT2D eigenvalue weighted by Crippen LogP contribution is 2.38. The highest BCUT2D eigenvalue weighted by atomic mass is 16.5. The summed E-state index contributed by atoms with van der Waals surface area (Å²) >= 11 is 0. The number of carbonyl (C=O) groups excluding carboxylic acids is 1. The van der Waals surface area contributed by atoms with Crippen LogP contribution in [-0.4, -0.2) is 38.4 Å². The van der Waals surface area contributed by atoms with Gasteiger partial charge in [-0.15, -0.1) is 0 Å². The minimum atomic E-state index is -0.151. The van der Waals surface area contributed by atoms with Crippen LogP contribution in [-0.2, 0) is 14.3 Å². The van der Waals surface area contributed by atoms with Crippen LogP contribution in [0.25, 0.3) is 0 Å². The lowest BCUT2D eigenvalue weighted by molar-refractivity contribution is -0.148. The van der Waals surface area contributed by atoms with Gasteiger partial charge in [-0.2, -0.15) is 0 Å². The molecule has 1 saturated carbocycles. The van der Waals surface area contributed by atoms with Gasteiger partial charge in [0.2, 0.25) is 0 Å². The fourth-order valence-corrected chi connectivity index (χ4v) is 4.63. The fourth-order valence-electron chi connectivity index (χ4n) is 4.63. The number of methoxy groups -OCH3 is 1. The van der Waals surface area contributed by atoms with Crippen molar-refractivity contribution in [2.24, 2.45) is 11.8 Å². The monoisotopic (exact) mass is 344 g/mol. The first-order chi connectivity index (χ1) is 12.2. The number of piperidine rings is 1. The molecule has 3 fully saturated rings. The van der Waals surface area contributed by atoms with Gasteiger partial charge >= 0.3 is 5.97 Å². The van der Waals surface area contributed by atoms with Gasteiger partial charge in [0.15, 0.2) is 0 Å². The molecular weight excluding hydrogens is 316 g/mol. The number of benzene rings is 1. The summed E-state index contributed by atoms with van der Waals surface area (Å²) in [6.45, 7) is 1.47. The molecule has 25 heavy (non-hydrogen) atoms. The van der Waals surface area contributed by atoms with E-state index in [1.54, 1.807) is 0 Å². The maximum atomic E-state index is 12.3. The molecule has 5 nitrogen and oxygen atoms in total. The van der Waals surface area contributed by atoms with Gasteiger partial charge in [0, 0.05) is 29.7 Å². The number of hydrogen-bond acceptors (Lipinski definition) is 5. The Balaban J connectivity index is 1.50. The summed E-state index contributed by atoms with van der Waals surface area (Å²) in [5.41, 5.74) is 2.32. The second-order valence-electron chi connectivity index (χ2n) is 7.66. The largest absolute Gasteiger partial charge is 0.469 e. The Hall–Kier alpha value is -1.59. The Morgan fingerprint density at radius 3 is 2.68 bits per heavy atom. The van der Waals surface area contributed by atoms with Crippen molar-refractivity contribution in [1.29, 1.82) is 0 Å². The van der Waals surface area contributed by atoms with Crippen molar-refractivity contribution in [3.8, 4) is 0 Å². The molecule has 5 heteroatoms. The first-order valence-corrected chi connectivity index (χ1v) is 9.52. The van der Waals surface area contributed by atoms with Gasteiger partial charge in [-0.05, 0) is 37.0 Å². The number of anilines is 1. The van der Waals surface area contributed by atoms with Crippen molar-refractivity contribution in [2.75, 3.05) is 25.6 Å². The highest BCUT2D eigenvalue weighted by Gasteiger charge is 2.43. The van der Waals surface area contributed by atoms with Gasteiger partial charge in [0.1, 0.15) is 0 Å².